The van der Waals surface area contributed by atoms with Gasteiger partial charge in [-0.25, -0.2) is 9.69 Å². The van der Waals surface area contributed by atoms with E-state index < -0.39 is 6.03 Å². The second-order valence-electron chi connectivity index (χ2n) is 3.17. The van der Waals surface area contributed by atoms with Gasteiger partial charge in [0.1, 0.15) is 0 Å². The second-order valence-corrected chi connectivity index (χ2v) is 4.02. The fraction of sp³-hybridized carbons (Fsp3) is 0.100. The largest absolute Gasteiger partial charge is 0.329 e. The number of urea groups is 1. The number of hydrogen-bond donors (Lipinski definition) is 1. The molecule has 1 heterocycles. The van der Waals surface area contributed by atoms with Gasteiger partial charge in [0, 0.05) is 4.47 Å². The summed E-state index contributed by atoms with van der Waals surface area (Å²) in [5.74, 6) is -0.310. The van der Waals surface area contributed by atoms with E-state index in [4.69, 9.17) is 5.26 Å². The predicted octanol–water partition coefficient (Wildman–Crippen LogP) is 1.38. The third-order valence-corrected chi connectivity index (χ3v) is 2.80. The van der Waals surface area contributed by atoms with Crippen molar-refractivity contribution in [1.29, 1.82) is 5.26 Å². The molecule has 0 aromatic heterocycles. The molecule has 1 N–H and O–H groups in total. The molecule has 80 valence electrons. The number of hydrogen-bond acceptors (Lipinski definition) is 3. The van der Waals surface area contributed by atoms with Crippen molar-refractivity contribution in [2.75, 3.05) is 11.4 Å². The summed E-state index contributed by atoms with van der Waals surface area (Å²) in [7, 11) is 0. The molecule has 1 aliphatic rings. The van der Waals surface area contributed by atoms with Crippen molar-refractivity contribution in [2.24, 2.45) is 0 Å². The number of benzene rings is 1. The summed E-state index contributed by atoms with van der Waals surface area (Å²) < 4.78 is 0.539. The lowest BCUT2D eigenvalue weighted by molar-refractivity contribution is -0.115. The van der Waals surface area contributed by atoms with Gasteiger partial charge in [-0.1, -0.05) is 0 Å². The average molecular weight is 280 g/mol. The predicted molar refractivity (Wildman–Crippen MR) is 59.7 cm³/mol. The summed E-state index contributed by atoms with van der Waals surface area (Å²) >= 11 is 3.23. The number of nitriles is 1. The van der Waals surface area contributed by atoms with Crippen LogP contribution in [0.25, 0.3) is 0 Å². The van der Waals surface area contributed by atoms with Crippen LogP contribution < -0.4 is 10.2 Å². The highest BCUT2D eigenvalue weighted by Crippen LogP contribution is 2.28. The van der Waals surface area contributed by atoms with Crippen molar-refractivity contribution in [3.63, 3.8) is 0 Å². The molecule has 6 heteroatoms. The highest BCUT2D eigenvalue weighted by molar-refractivity contribution is 9.10. The summed E-state index contributed by atoms with van der Waals surface area (Å²) in [5.41, 5.74) is 0.904. The van der Waals surface area contributed by atoms with Crippen LogP contribution in [0.15, 0.2) is 22.7 Å². The summed E-state index contributed by atoms with van der Waals surface area (Å²) in [4.78, 5) is 23.9. The van der Waals surface area contributed by atoms with E-state index >= 15 is 0 Å². The van der Waals surface area contributed by atoms with Crippen molar-refractivity contribution >= 4 is 33.6 Å². The van der Waals surface area contributed by atoms with Crippen LogP contribution in [-0.2, 0) is 4.79 Å². The molecule has 1 fully saturated rings. The highest BCUT2D eigenvalue weighted by Gasteiger charge is 2.31. The standard InChI is InChI=1S/C10H6BrN3O2/c11-7-3-6(4-12)1-2-8(7)14-9(15)5-13-10(14)16/h1-3H,5H2,(H,13,16). The first-order valence-electron chi connectivity index (χ1n) is 4.44. The topological polar surface area (TPSA) is 73.2 Å². The molecule has 1 aromatic carbocycles. The van der Waals surface area contributed by atoms with E-state index in [2.05, 4.69) is 21.2 Å². The number of carbonyl (C=O) groups excluding carboxylic acids is 2. The Kier molecular flexibility index (Phi) is 2.62. The van der Waals surface area contributed by atoms with Gasteiger partial charge in [-0.15, -0.1) is 0 Å². The van der Waals surface area contributed by atoms with Gasteiger partial charge in [-0.3, -0.25) is 4.79 Å². The van der Waals surface area contributed by atoms with Crippen LogP contribution in [0.2, 0.25) is 0 Å². The zero-order chi connectivity index (χ0) is 11.7. The number of imide groups is 1. The Balaban J connectivity index is 2.45. The van der Waals surface area contributed by atoms with E-state index in [0.717, 1.165) is 4.90 Å². The molecule has 5 nitrogen and oxygen atoms in total. The number of nitrogens with zero attached hydrogens (tertiary/aromatic N) is 2. The fourth-order valence-corrected chi connectivity index (χ4v) is 1.98. The van der Waals surface area contributed by atoms with Crippen molar-refractivity contribution < 1.29 is 9.59 Å². The third-order valence-electron chi connectivity index (χ3n) is 2.16. The fourth-order valence-electron chi connectivity index (χ4n) is 1.42. The second kappa shape index (κ2) is 3.94. The number of amides is 3. The monoisotopic (exact) mass is 279 g/mol. The molecular formula is C10H6BrN3O2. The van der Waals surface area contributed by atoms with E-state index in [-0.39, 0.29) is 12.5 Å². The third kappa shape index (κ3) is 1.66. The quantitative estimate of drug-likeness (QED) is 0.790. The molecule has 1 aliphatic heterocycles. The van der Waals surface area contributed by atoms with Crippen LogP contribution in [0.5, 0.6) is 0 Å². The van der Waals surface area contributed by atoms with Crippen LogP contribution >= 0.6 is 15.9 Å². The van der Waals surface area contributed by atoms with Gasteiger partial charge >= 0.3 is 6.03 Å². The number of carbonyl (C=O) groups is 2. The molecule has 0 bridgehead atoms. The lowest BCUT2D eigenvalue weighted by Gasteiger charge is -2.14. The van der Waals surface area contributed by atoms with E-state index in [0.29, 0.717) is 15.7 Å². The zero-order valence-corrected chi connectivity index (χ0v) is 9.61. The molecule has 0 unspecified atom stereocenters. The van der Waals surface area contributed by atoms with E-state index in [1.165, 1.54) is 0 Å². The van der Waals surface area contributed by atoms with E-state index in [1.54, 1.807) is 18.2 Å². The van der Waals surface area contributed by atoms with Crippen molar-refractivity contribution in [2.45, 2.75) is 0 Å². The maximum absolute atomic E-state index is 11.4. The minimum absolute atomic E-state index is 0.00523. The zero-order valence-electron chi connectivity index (χ0n) is 8.03. The molecule has 0 spiro atoms. The van der Waals surface area contributed by atoms with Gasteiger partial charge < -0.3 is 5.32 Å². The first-order valence-corrected chi connectivity index (χ1v) is 5.23. The van der Waals surface area contributed by atoms with E-state index in [9.17, 15) is 9.59 Å². The Hall–Kier alpha value is -1.87. The van der Waals surface area contributed by atoms with E-state index in [1.807, 2.05) is 6.07 Å². The van der Waals surface area contributed by atoms with Crippen LogP contribution in [0.3, 0.4) is 0 Å². The lowest BCUT2D eigenvalue weighted by Crippen LogP contribution is -2.30. The maximum Gasteiger partial charge on any atom is 0.329 e. The number of anilines is 1. The van der Waals surface area contributed by atoms with Crippen LogP contribution in [0, 0.1) is 11.3 Å². The molecular weight excluding hydrogens is 274 g/mol. The van der Waals surface area contributed by atoms with Gasteiger partial charge in [0.25, 0.3) is 5.91 Å². The van der Waals surface area contributed by atoms with Gasteiger partial charge in [-0.2, -0.15) is 5.26 Å². The summed E-state index contributed by atoms with van der Waals surface area (Å²) in [6.45, 7) is 0.00523. The molecule has 0 aliphatic carbocycles. The minimum Gasteiger partial charge on any atom is -0.328 e. The van der Waals surface area contributed by atoms with Gasteiger partial charge in [0.2, 0.25) is 0 Å². The SMILES string of the molecule is N#Cc1ccc(N2C(=O)CNC2=O)c(Br)c1. The van der Waals surface area contributed by atoms with Crippen molar-refractivity contribution in [1.82, 2.24) is 5.32 Å². The number of nitrogens with one attached hydrogen (secondary N) is 1. The van der Waals surface area contributed by atoms with Crippen LogP contribution in [-0.4, -0.2) is 18.5 Å². The summed E-state index contributed by atoms with van der Waals surface area (Å²) in [6.07, 6.45) is 0. The van der Waals surface area contributed by atoms with Gasteiger partial charge in [-0.05, 0) is 34.1 Å². The number of halogens is 1. The minimum atomic E-state index is -0.449. The van der Waals surface area contributed by atoms with Gasteiger partial charge in [0.05, 0.1) is 23.9 Å². The summed E-state index contributed by atoms with van der Waals surface area (Å²) in [5, 5.41) is 11.1. The Bertz CT molecular complexity index is 505. The Morgan fingerprint density at radius 1 is 1.44 bits per heavy atom. The molecule has 0 atom stereocenters. The Morgan fingerprint density at radius 2 is 2.19 bits per heavy atom. The first-order chi connectivity index (χ1) is 7.63. The Morgan fingerprint density at radius 3 is 2.69 bits per heavy atom. The molecule has 3 amide bonds. The molecule has 16 heavy (non-hydrogen) atoms. The molecule has 1 saturated heterocycles. The Labute approximate surface area is 99.8 Å². The highest BCUT2D eigenvalue weighted by atomic mass is 79.9. The lowest BCUT2D eigenvalue weighted by atomic mass is 10.2. The molecule has 0 saturated carbocycles. The smallest absolute Gasteiger partial charge is 0.328 e. The van der Waals surface area contributed by atoms with Crippen molar-refractivity contribution in [3.8, 4) is 6.07 Å². The first kappa shape index (κ1) is 10.6. The maximum atomic E-state index is 11.4. The normalized spacial score (nSPS) is 14.9. The van der Waals surface area contributed by atoms with Crippen LogP contribution in [0.4, 0.5) is 10.5 Å². The van der Waals surface area contributed by atoms with Crippen molar-refractivity contribution in [3.05, 3.63) is 28.2 Å². The van der Waals surface area contributed by atoms with Crippen LogP contribution in [0.1, 0.15) is 5.56 Å². The molecule has 2 rings (SSSR count). The average Bonchev–Trinajstić information content (AvgIpc) is 2.59. The number of rotatable bonds is 1. The molecule has 0 radical (unpaired) electrons. The summed E-state index contributed by atoms with van der Waals surface area (Å²) in [6, 6.07) is 6.20. The molecule has 1 aromatic rings. The van der Waals surface area contributed by atoms with Gasteiger partial charge in [0.15, 0.2) is 0 Å².